The summed E-state index contributed by atoms with van der Waals surface area (Å²) in [7, 11) is 0. The Hall–Kier alpha value is -2.56. The Morgan fingerprint density at radius 2 is 1.76 bits per heavy atom. The van der Waals surface area contributed by atoms with Crippen LogP contribution in [-0.2, 0) is 4.79 Å². The Morgan fingerprint density at radius 3 is 2.45 bits per heavy atom. The lowest BCUT2D eigenvalue weighted by Gasteiger charge is -2.04. The lowest BCUT2D eigenvalue weighted by atomic mass is 10.1. The normalized spacial score (nSPS) is 10.4. The number of nitrogens with one attached hydrogen (secondary N) is 2. The van der Waals surface area contributed by atoms with E-state index in [2.05, 4.69) is 36.8 Å². The zero-order valence-electron chi connectivity index (χ0n) is 15.1. The molecule has 1 aromatic heterocycles. The number of nitrogens with zero attached hydrogens (tertiary/aromatic N) is 2. The fourth-order valence-electron chi connectivity index (χ4n) is 2.24. The molecular weight excluding hydrogens is 476 g/mol. The second kappa shape index (κ2) is 9.77. The Morgan fingerprint density at radius 1 is 1.03 bits per heavy atom. The zero-order chi connectivity index (χ0) is 20.8. The molecule has 0 fully saturated rings. The molecule has 3 rings (SSSR count). The van der Waals surface area contributed by atoms with E-state index in [1.54, 1.807) is 42.5 Å². The van der Waals surface area contributed by atoms with Crippen molar-refractivity contribution in [2.75, 3.05) is 16.4 Å². The number of carbonyl (C=O) groups excluding carboxylic acids is 3. The molecule has 0 aliphatic carbocycles. The van der Waals surface area contributed by atoms with Crippen LogP contribution < -0.4 is 10.6 Å². The number of amides is 2. The molecule has 10 heteroatoms. The van der Waals surface area contributed by atoms with Crippen molar-refractivity contribution in [2.24, 2.45) is 0 Å². The maximum atomic E-state index is 12.3. The van der Waals surface area contributed by atoms with Crippen molar-refractivity contribution >= 4 is 67.4 Å². The average Bonchev–Trinajstić information content (AvgIpc) is 3.14. The van der Waals surface area contributed by atoms with Gasteiger partial charge in [-0.3, -0.25) is 19.7 Å². The molecule has 0 saturated carbocycles. The Balaban J connectivity index is 1.51. The second-order valence-corrected chi connectivity index (χ2v) is 8.83. The number of aromatic nitrogens is 2. The molecule has 0 aliphatic rings. The number of hydrogen-bond acceptors (Lipinski definition) is 7. The van der Waals surface area contributed by atoms with Gasteiger partial charge >= 0.3 is 0 Å². The quantitative estimate of drug-likeness (QED) is 0.287. The number of ketones is 1. The first kappa shape index (κ1) is 21.2. The van der Waals surface area contributed by atoms with E-state index in [4.69, 9.17) is 0 Å². The van der Waals surface area contributed by atoms with Crippen LogP contribution in [-0.4, -0.2) is 33.5 Å². The number of rotatable bonds is 7. The highest BCUT2D eigenvalue weighted by molar-refractivity contribution is 9.10. The molecular formula is C19H15BrN4O3S2. The maximum absolute atomic E-state index is 12.3. The second-order valence-electron chi connectivity index (χ2n) is 5.78. The number of carbonyl (C=O) groups is 3. The molecule has 0 spiro atoms. The average molecular weight is 491 g/mol. The molecule has 0 atom stereocenters. The van der Waals surface area contributed by atoms with Gasteiger partial charge in [0, 0.05) is 15.7 Å². The number of hydrogen-bond donors (Lipinski definition) is 2. The van der Waals surface area contributed by atoms with Crippen molar-refractivity contribution in [3.05, 3.63) is 64.1 Å². The van der Waals surface area contributed by atoms with Crippen molar-refractivity contribution in [3.63, 3.8) is 0 Å². The molecule has 0 unspecified atom stereocenters. The fraction of sp³-hybridized carbons (Fsp3) is 0.105. The third-order valence-electron chi connectivity index (χ3n) is 3.65. The van der Waals surface area contributed by atoms with Crippen LogP contribution in [0.15, 0.2) is 57.3 Å². The summed E-state index contributed by atoms with van der Waals surface area (Å²) in [6.07, 6.45) is 0. The van der Waals surface area contributed by atoms with Gasteiger partial charge < -0.3 is 5.32 Å². The molecule has 0 bridgehead atoms. The summed E-state index contributed by atoms with van der Waals surface area (Å²) in [5, 5.41) is 13.7. The highest BCUT2D eigenvalue weighted by atomic mass is 79.9. The summed E-state index contributed by atoms with van der Waals surface area (Å²) < 4.78 is 1.25. The van der Waals surface area contributed by atoms with Crippen LogP contribution in [0.5, 0.6) is 0 Å². The summed E-state index contributed by atoms with van der Waals surface area (Å²) in [4.78, 5) is 35.7. The van der Waals surface area contributed by atoms with E-state index in [-0.39, 0.29) is 23.4 Å². The van der Waals surface area contributed by atoms with E-state index in [0.29, 0.717) is 30.8 Å². The van der Waals surface area contributed by atoms with E-state index < -0.39 is 0 Å². The minimum absolute atomic E-state index is 0.0304. The van der Waals surface area contributed by atoms with E-state index in [1.165, 1.54) is 30.0 Å². The molecule has 148 valence electrons. The number of anilines is 2. The lowest BCUT2D eigenvalue weighted by molar-refractivity contribution is -0.113. The third-order valence-corrected chi connectivity index (χ3v) is 6.31. The highest BCUT2D eigenvalue weighted by Crippen LogP contribution is 2.26. The van der Waals surface area contributed by atoms with E-state index in [1.807, 2.05) is 6.07 Å². The minimum Gasteiger partial charge on any atom is -0.325 e. The number of thioether (sulfide) groups is 1. The van der Waals surface area contributed by atoms with Gasteiger partial charge in [0.05, 0.1) is 11.3 Å². The van der Waals surface area contributed by atoms with Crippen LogP contribution in [0.2, 0.25) is 0 Å². The molecule has 0 saturated heterocycles. The zero-order valence-corrected chi connectivity index (χ0v) is 18.4. The Bertz CT molecular complexity index is 1050. The number of benzene rings is 2. The first-order chi connectivity index (χ1) is 13.9. The van der Waals surface area contributed by atoms with Crippen LogP contribution in [0.1, 0.15) is 27.6 Å². The molecule has 29 heavy (non-hydrogen) atoms. The molecule has 7 nitrogen and oxygen atoms in total. The lowest BCUT2D eigenvalue weighted by Crippen LogP contribution is -2.14. The van der Waals surface area contributed by atoms with Gasteiger partial charge in [0.15, 0.2) is 10.1 Å². The van der Waals surface area contributed by atoms with Gasteiger partial charge in [0.1, 0.15) is 0 Å². The van der Waals surface area contributed by atoms with Crippen molar-refractivity contribution in [1.29, 1.82) is 0 Å². The summed E-state index contributed by atoms with van der Waals surface area (Å²) in [6.45, 7) is 1.49. The summed E-state index contributed by atoms with van der Waals surface area (Å²) >= 11 is 5.75. The van der Waals surface area contributed by atoms with E-state index in [9.17, 15) is 14.4 Å². The first-order valence-electron chi connectivity index (χ1n) is 8.35. The van der Waals surface area contributed by atoms with Gasteiger partial charge in [-0.15, -0.1) is 10.2 Å². The van der Waals surface area contributed by atoms with Gasteiger partial charge in [0.25, 0.3) is 5.91 Å². The topological polar surface area (TPSA) is 101 Å². The molecule has 2 aromatic carbocycles. The largest absolute Gasteiger partial charge is 0.325 e. The summed E-state index contributed by atoms with van der Waals surface area (Å²) in [6, 6.07) is 13.8. The van der Waals surface area contributed by atoms with Crippen molar-refractivity contribution in [3.8, 4) is 0 Å². The predicted molar refractivity (Wildman–Crippen MR) is 118 cm³/mol. The van der Waals surface area contributed by atoms with Crippen LogP contribution in [0.3, 0.4) is 0 Å². The standard InChI is InChI=1S/C19H15BrN4O3S2/c1-11(25)12-6-8-13(9-7-12)21-16(26)10-28-19-24-23-18(29-19)22-17(27)14-4-2-3-5-15(14)20/h2-9H,10H2,1H3,(H,21,26)(H,22,23,27). The van der Waals surface area contributed by atoms with Gasteiger partial charge in [-0.2, -0.15) is 0 Å². The summed E-state index contributed by atoms with van der Waals surface area (Å²) in [5.41, 5.74) is 1.69. The maximum Gasteiger partial charge on any atom is 0.258 e. The van der Waals surface area contributed by atoms with E-state index >= 15 is 0 Å². The molecule has 1 heterocycles. The van der Waals surface area contributed by atoms with Gasteiger partial charge in [-0.1, -0.05) is 35.2 Å². The SMILES string of the molecule is CC(=O)c1ccc(NC(=O)CSc2nnc(NC(=O)c3ccccc3Br)s2)cc1. The van der Waals surface area contributed by atoms with Crippen LogP contribution in [0.4, 0.5) is 10.8 Å². The Kier molecular flexibility index (Phi) is 7.13. The fourth-order valence-corrected chi connectivity index (χ4v) is 4.25. The molecule has 2 N–H and O–H groups in total. The minimum atomic E-state index is -0.295. The van der Waals surface area contributed by atoms with Gasteiger partial charge in [-0.25, -0.2) is 0 Å². The first-order valence-corrected chi connectivity index (χ1v) is 10.9. The van der Waals surface area contributed by atoms with Crippen molar-refractivity contribution < 1.29 is 14.4 Å². The van der Waals surface area contributed by atoms with Crippen LogP contribution in [0.25, 0.3) is 0 Å². The predicted octanol–water partition coefficient (Wildman–Crippen LogP) is 4.49. The summed E-state index contributed by atoms with van der Waals surface area (Å²) in [5.74, 6) is -0.393. The number of halogens is 1. The smallest absolute Gasteiger partial charge is 0.258 e. The Labute approximate surface area is 183 Å². The molecule has 3 aromatic rings. The third kappa shape index (κ3) is 5.96. The number of Topliss-reactive ketones (excluding diaryl/α,β-unsaturated/α-hetero) is 1. The van der Waals surface area contributed by atoms with Crippen molar-refractivity contribution in [2.45, 2.75) is 11.3 Å². The van der Waals surface area contributed by atoms with E-state index in [0.717, 1.165) is 0 Å². The molecule has 0 radical (unpaired) electrons. The monoisotopic (exact) mass is 490 g/mol. The van der Waals surface area contributed by atoms with Crippen LogP contribution >= 0.6 is 39.0 Å². The van der Waals surface area contributed by atoms with Crippen LogP contribution in [0, 0.1) is 0 Å². The highest BCUT2D eigenvalue weighted by Gasteiger charge is 2.14. The molecule has 0 aliphatic heterocycles. The van der Waals surface area contributed by atoms with Gasteiger partial charge in [-0.05, 0) is 59.3 Å². The molecule has 2 amide bonds. The van der Waals surface area contributed by atoms with Crippen molar-refractivity contribution in [1.82, 2.24) is 10.2 Å². The van der Waals surface area contributed by atoms with Gasteiger partial charge in [0.2, 0.25) is 11.0 Å².